The third kappa shape index (κ3) is 22.6. The van der Waals surface area contributed by atoms with E-state index in [1.807, 2.05) is 13.8 Å². The van der Waals surface area contributed by atoms with Gasteiger partial charge in [-0.05, 0) is 79.4 Å². The predicted molar refractivity (Wildman–Crippen MR) is 364 cm³/mol. The molecule has 2 aromatic rings. The number of carbonyl (C=O) groups excluding carboxylic acids is 14. The van der Waals surface area contributed by atoms with Crippen molar-refractivity contribution in [1.29, 1.82) is 0 Å². The van der Waals surface area contributed by atoms with Crippen LogP contribution in [0.1, 0.15) is 154 Å². The quantitative estimate of drug-likeness (QED) is 0.0344. The summed E-state index contributed by atoms with van der Waals surface area (Å²) in [4.78, 5) is 194. The first-order valence-electron chi connectivity index (χ1n) is 34.2. The number of methoxy groups -OCH3 is 2. The minimum Gasteiger partial charge on any atom is -0.445 e. The van der Waals surface area contributed by atoms with E-state index in [0.717, 1.165) is 4.90 Å². The van der Waals surface area contributed by atoms with Crippen LogP contribution in [-0.4, -0.2) is 216 Å². The van der Waals surface area contributed by atoms with Gasteiger partial charge in [0.25, 0.3) is 11.8 Å². The van der Waals surface area contributed by atoms with Crippen LogP contribution < -0.4 is 26.6 Å². The number of hydrogen-bond acceptors (Lipinski definition) is 19. The van der Waals surface area contributed by atoms with E-state index in [2.05, 4.69) is 26.6 Å². The van der Waals surface area contributed by atoms with Crippen LogP contribution >= 0.6 is 11.8 Å². The summed E-state index contributed by atoms with van der Waals surface area (Å²) < 4.78 is 17.4. The molecule has 0 radical (unpaired) electrons. The molecule has 5 N–H and O–H groups in total. The smallest absolute Gasteiger partial charge is 0.410 e. The van der Waals surface area contributed by atoms with Crippen LogP contribution in [0.4, 0.5) is 10.5 Å². The van der Waals surface area contributed by atoms with Gasteiger partial charge in [0.15, 0.2) is 5.78 Å². The van der Waals surface area contributed by atoms with Crippen LogP contribution in [0.15, 0.2) is 54.6 Å². The van der Waals surface area contributed by atoms with Crippen LogP contribution in [-0.2, 0) is 83.2 Å². The number of nitrogens with one attached hydrogen (secondary N) is 5. The second-order valence-corrected chi connectivity index (χ2v) is 28.1. The SMILES string of the molecule is CC[C@H](C)C([C@@H](CC(=O)N1CCC[C@H]1[C@H](OC)[C@@H](C)C(=O)NCC(=O)c1ccccc1)OC)N(C)C(=O)CNC(=O)C(C(C)C)N(C)C(=O)OCc1ccc(NC(=O)CNC(=O)C(NC(=O)CCCCCN2C(=O)CC(SCC3(CC(=O)ON4C(=O)CCC4=O)CC3)C2=O)C(C)C)cc1. The molecule has 28 nitrogen and oxygen atoms in total. The molecule has 2 aromatic carbocycles. The predicted octanol–water partition coefficient (Wildman–Crippen LogP) is 4.71. The number of thioether (sulfide) groups is 1. The largest absolute Gasteiger partial charge is 0.445 e. The number of likely N-dealkylation sites (N-methyl/N-ethyl adjacent to an activating group) is 2. The number of ketones is 1. The molecule has 4 aliphatic rings. The monoisotopic (exact) mass is 1400 g/mol. The molecule has 3 saturated heterocycles. The Morgan fingerprint density at radius 1 is 0.727 bits per heavy atom. The Bertz CT molecular complexity index is 3210. The van der Waals surface area contributed by atoms with Crippen LogP contribution in [0.5, 0.6) is 0 Å². The van der Waals surface area contributed by atoms with E-state index in [0.29, 0.717) is 85.5 Å². The third-order valence-corrected chi connectivity index (χ3v) is 20.4. The summed E-state index contributed by atoms with van der Waals surface area (Å²) in [6.45, 7) is 12.0. The van der Waals surface area contributed by atoms with E-state index in [9.17, 15) is 67.1 Å². The lowest BCUT2D eigenvalue weighted by molar-refractivity contribution is -0.198. The number of amides is 12. The zero-order chi connectivity index (χ0) is 72.8. The van der Waals surface area contributed by atoms with Gasteiger partial charge in [-0.15, -0.1) is 16.8 Å². The maximum absolute atomic E-state index is 14.3. The third-order valence-electron chi connectivity index (χ3n) is 18.9. The molecule has 544 valence electrons. The first-order valence-corrected chi connectivity index (χ1v) is 35.2. The highest BCUT2D eigenvalue weighted by Gasteiger charge is 2.49. The topological polar surface area (TPSA) is 352 Å². The number of carbonyl (C=O) groups is 14. The molecular weight excluding hydrogens is 1300 g/mol. The number of anilines is 1. The highest BCUT2D eigenvalue weighted by molar-refractivity contribution is 8.00. The van der Waals surface area contributed by atoms with E-state index >= 15 is 0 Å². The van der Waals surface area contributed by atoms with Crippen molar-refractivity contribution in [3.05, 3.63) is 65.7 Å². The standard InChI is InChI=1S/C70H100N10O18S/c1-12-44(6)63(51(95-10)34-57(86)78-33-19-22-49(78)64(96-11)45(7)65(90)71-37-50(81)47-20-15-13-16-21-47)76(8)59(88)39-73-67(92)62(43(4)5)77(9)69(94)97-40-46-24-26-48(27-25-46)74-54(83)38-72-66(91)61(42(2)3)75-53(82)23-17-14-18-32-79-58(87)35-52(68(79)93)99-41-70(30-31-70)36-60(89)98-80-55(84)28-29-56(80)85/h13,15-16,20-21,24-27,42-45,49,51-52,61-64H,12,14,17-19,22-23,28-41H2,1-11H3,(H,71,90)(H,72,91)(H,73,92)(H,74,83)(H,75,82)/t44-,45+,49-,51+,52?,61?,62?,63?,64+/m0/s1. The molecule has 12 amide bonds. The summed E-state index contributed by atoms with van der Waals surface area (Å²) in [6.07, 6.45) is 2.42. The molecule has 3 aliphatic heterocycles. The van der Waals surface area contributed by atoms with Gasteiger partial charge in [0.1, 0.15) is 18.7 Å². The highest BCUT2D eigenvalue weighted by atomic mass is 32.2. The van der Waals surface area contributed by atoms with Crippen molar-refractivity contribution in [2.45, 2.75) is 187 Å². The molecule has 4 fully saturated rings. The fourth-order valence-electron chi connectivity index (χ4n) is 12.7. The number of rotatable bonds is 39. The fraction of sp³-hybridized carbons (Fsp3) is 0.629. The maximum Gasteiger partial charge on any atom is 0.410 e. The van der Waals surface area contributed by atoms with Crippen LogP contribution in [0, 0.1) is 29.1 Å². The molecule has 6 rings (SSSR count). The van der Waals surface area contributed by atoms with Crippen LogP contribution in [0.3, 0.4) is 0 Å². The zero-order valence-electron chi connectivity index (χ0n) is 58.9. The average molecular weight is 1400 g/mol. The Kier molecular flexibility index (Phi) is 30.4. The Morgan fingerprint density at radius 2 is 1.38 bits per heavy atom. The van der Waals surface area contributed by atoms with Crippen molar-refractivity contribution in [1.82, 2.24) is 45.9 Å². The zero-order valence-corrected chi connectivity index (χ0v) is 59.7. The molecular formula is C70H100N10O18S. The van der Waals surface area contributed by atoms with E-state index in [1.54, 1.807) is 101 Å². The Hall–Kier alpha value is -8.31. The van der Waals surface area contributed by atoms with Gasteiger partial charge < -0.3 is 55.4 Å². The number of imide groups is 2. The van der Waals surface area contributed by atoms with Gasteiger partial charge in [-0.1, -0.05) is 104 Å². The molecule has 1 aliphatic carbocycles. The first kappa shape index (κ1) is 79.7. The van der Waals surface area contributed by atoms with Crippen molar-refractivity contribution in [3.8, 4) is 0 Å². The normalized spacial score (nSPS) is 18.6. The number of benzene rings is 2. The molecule has 99 heavy (non-hydrogen) atoms. The summed E-state index contributed by atoms with van der Waals surface area (Å²) in [6, 6.07) is 12.0. The summed E-state index contributed by atoms with van der Waals surface area (Å²) in [5.41, 5.74) is 0.968. The van der Waals surface area contributed by atoms with E-state index < -0.39 is 119 Å². The lowest BCUT2D eigenvalue weighted by Gasteiger charge is -2.39. The number of nitrogens with zero attached hydrogens (tertiary/aromatic N) is 5. The Morgan fingerprint density at radius 3 is 2.00 bits per heavy atom. The molecule has 3 heterocycles. The Labute approximate surface area is 583 Å². The minimum absolute atomic E-state index is 0.00647. The number of Topliss-reactive ketones (excluding diaryl/α,β-unsaturated/α-hetero) is 1. The van der Waals surface area contributed by atoms with Crippen LogP contribution in [0.2, 0.25) is 0 Å². The molecule has 1 saturated carbocycles. The lowest BCUT2D eigenvalue weighted by atomic mass is 9.90. The maximum atomic E-state index is 14.3. The van der Waals surface area contributed by atoms with Gasteiger partial charge >= 0.3 is 12.1 Å². The van der Waals surface area contributed by atoms with Crippen molar-refractivity contribution >= 4 is 100 Å². The van der Waals surface area contributed by atoms with Gasteiger partial charge in [0.2, 0.25) is 53.2 Å². The minimum atomic E-state index is -1.05. The molecule has 0 aromatic heterocycles. The van der Waals surface area contributed by atoms with Crippen molar-refractivity contribution in [3.63, 3.8) is 0 Å². The van der Waals surface area contributed by atoms with Crippen molar-refractivity contribution in [2.24, 2.45) is 29.1 Å². The fourth-order valence-corrected chi connectivity index (χ4v) is 14.2. The van der Waals surface area contributed by atoms with Gasteiger partial charge in [-0.2, -0.15) is 0 Å². The summed E-state index contributed by atoms with van der Waals surface area (Å²) in [7, 11) is 5.97. The molecule has 0 spiro atoms. The molecule has 0 bridgehead atoms. The number of ether oxygens (including phenoxy) is 3. The van der Waals surface area contributed by atoms with E-state index in [-0.39, 0.29) is 105 Å². The second-order valence-electron chi connectivity index (χ2n) is 26.9. The molecule has 29 heteroatoms. The highest BCUT2D eigenvalue weighted by Crippen LogP contribution is 2.52. The average Bonchev–Trinajstić information content (AvgIpc) is 1.69. The number of hydrogen-bond donors (Lipinski definition) is 5. The Balaban J connectivity index is 0.880. The van der Waals surface area contributed by atoms with Gasteiger partial charge in [0.05, 0.1) is 67.9 Å². The van der Waals surface area contributed by atoms with Gasteiger partial charge in [-0.25, -0.2) is 9.59 Å². The van der Waals surface area contributed by atoms with Crippen LogP contribution in [0.25, 0.3) is 0 Å². The van der Waals surface area contributed by atoms with E-state index in [4.69, 9.17) is 19.0 Å². The van der Waals surface area contributed by atoms with Crippen molar-refractivity contribution in [2.75, 3.05) is 72.1 Å². The number of unbranched alkanes of at least 4 members (excludes halogenated alkanes) is 2. The summed E-state index contributed by atoms with van der Waals surface area (Å²) in [5, 5.41) is 13.4. The second kappa shape index (κ2) is 37.8. The van der Waals surface area contributed by atoms with Crippen molar-refractivity contribution < 1.29 is 86.2 Å². The molecule has 4 unspecified atom stereocenters. The lowest BCUT2D eigenvalue weighted by Crippen LogP contribution is -2.55. The molecule has 9 atom stereocenters. The summed E-state index contributed by atoms with van der Waals surface area (Å²) >= 11 is 1.31. The van der Waals surface area contributed by atoms with Gasteiger partial charge in [-0.3, -0.25) is 67.3 Å². The van der Waals surface area contributed by atoms with E-state index in [1.165, 1.54) is 42.8 Å². The van der Waals surface area contributed by atoms with Gasteiger partial charge in [0, 0.05) is 84.1 Å². The first-order chi connectivity index (χ1) is 47.0. The number of hydroxylamine groups is 2. The number of likely N-dealkylation sites (tertiary alicyclic amines) is 2. The summed E-state index contributed by atoms with van der Waals surface area (Å²) in [5.74, 6) is -7.04.